The van der Waals surface area contributed by atoms with Crippen molar-refractivity contribution in [2.45, 2.75) is 13.8 Å². The fourth-order valence-corrected chi connectivity index (χ4v) is 2.00. The Balaban J connectivity index is 2.20. The maximum atomic E-state index is 6.09. The minimum absolute atomic E-state index is 0.722. The zero-order chi connectivity index (χ0) is 14.5. The maximum Gasteiger partial charge on any atom is 0.127 e. The van der Waals surface area contributed by atoms with Gasteiger partial charge in [0.15, 0.2) is 0 Å². The summed E-state index contributed by atoms with van der Waals surface area (Å²) in [5.74, 6) is 0.803. The average Bonchev–Trinajstić information content (AvgIpc) is 2.48. The third kappa shape index (κ3) is 3.31. The number of nitrogens with zero attached hydrogens (tertiary/aromatic N) is 1. The van der Waals surface area contributed by atoms with Gasteiger partial charge in [-0.15, -0.1) is 0 Å². The number of halogens is 1. The van der Waals surface area contributed by atoms with Crippen LogP contribution < -0.4 is 10.2 Å². The molecule has 0 spiro atoms. The second-order valence-corrected chi connectivity index (χ2v) is 4.88. The summed E-state index contributed by atoms with van der Waals surface area (Å²) in [4.78, 5) is 0. The SMILES string of the molecule is COc1ccccc1/C(C)=N\Nc1ccc(C)c(Cl)c1. The third-order valence-corrected chi connectivity index (χ3v) is 3.43. The van der Waals surface area contributed by atoms with E-state index in [2.05, 4.69) is 10.5 Å². The van der Waals surface area contributed by atoms with Crippen molar-refractivity contribution in [3.63, 3.8) is 0 Å². The highest BCUT2D eigenvalue weighted by Gasteiger charge is 2.05. The number of nitrogens with one attached hydrogen (secondary N) is 1. The number of hydrogen-bond acceptors (Lipinski definition) is 3. The molecule has 0 aliphatic rings. The predicted molar refractivity (Wildman–Crippen MR) is 85.0 cm³/mol. The molecule has 3 nitrogen and oxygen atoms in total. The van der Waals surface area contributed by atoms with E-state index in [1.165, 1.54) is 0 Å². The summed E-state index contributed by atoms with van der Waals surface area (Å²) in [6.07, 6.45) is 0. The lowest BCUT2D eigenvalue weighted by molar-refractivity contribution is 0.414. The first-order valence-corrected chi connectivity index (χ1v) is 6.69. The molecule has 2 aromatic rings. The molecule has 104 valence electrons. The number of methoxy groups -OCH3 is 1. The fourth-order valence-electron chi connectivity index (χ4n) is 1.81. The van der Waals surface area contributed by atoms with E-state index >= 15 is 0 Å². The highest BCUT2D eigenvalue weighted by molar-refractivity contribution is 6.31. The minimum Gasteiger partial charge on any atom is -0.496 e. The third-order valence-electron chi connectivity index (χ3n) is 3.02. The summed E-state index contributed by atoms with van der Waals surface area (Å²) >= 11 is 6.09. The molecular weight excluding hydrogens is 272 g/mol. The Bertz CT molecular complexity index is 638. The second-order valence-electron chi connectivity index (χ2n) is 4.47. The Kier molecular flexibility index (Phi) is 4.64. The number of hydrazone groups is 1. The molecule has 20 heavy (non-hydrogen) atoms. The molecule has 0 saturated heterocycles. The van der Waals surface area contributed by atoms with Crippen molar-refractivity contribution in [3.05, 3.63) is 58.6 Å². The summed E-state index contributed by atoms with van der Waals surface area (Å²) in [5.41, 5.74) is 6.72. The number of ether oxygens (including phenoxy) is 1. The van der Waals surface area contributed by atoms with Crippen molar-refractivity contribution >= 4 is 23.0 Å². The largest absolute Gasteiger partial charge is 0.496 e. The number of para-hydroxylation sites is 1. The van der Waals surface area contributed by atoms with Gasteiger partial charge >= 0.3 is 0 Å². The molecule has 0 aliphatic heterocycles. The Labute approximate surface area is 124 Å². The Morgan fingerprint density at radius 3 is 2.65 bits per heavy atom. The van der Waals surface area contributed by atoms with Gasteiger partial charge in [0.2, 0.25) is 0 Å². The molecule has 4 heteroatoms. The van der Waals surface area contributed by atoms with Crippen LogP contribution >= 0.6 is 11.6 Å². The summed E-state index contributed by atoms with van der Waals surface area (Å²) in [7, 11) is 1.65. The van der Waals surface area contributed by atoms with Gasteiger partial charge in [-0.2, -0.15) is 5.10 Å². The van der Waals surface area contributed by atoms with Crippen LogP contribution in [0.3, 0.4) is 0 Å². The van der Waals surface area contributed by atoms with Crippen LogP contribution in [0, 0.1) is 6.92 Å². The van der Waals surface area contributed by atoms with E-state index in [9.17, 15) is 0 Å². The molecule has 0 radical (unpaired) electrons. The molecular formula is C16H17ClN2O. The number of benzene rings is 2. The molecule has 0 unspecified atom stereocenters. The topological polar surface area (TPSA) is 33.6 Å². The van der Waals surface area contributed by atoms with E-state index in [1.54, 1.807) is 7.11 Å². The van der Waals surface area contributed by atoms with Crippen LogP contribution in [-0.2, 0) is 0 Å². The number of rotatable bonds is 4. The van der Waals surface area contributed by atoms with Crippen LogP contribution in [0.25, 0.3) is 0 Å². The first-order chi connectivity index (χ1) is 9.61. The first kappa shape index (κ1) is 14.4. The Hall–Kier alpha value is -2.00. The summed E-state index contributed by atoms with van der Waals surface area (Å²) in [5, 5.41) is 5.09. The van der Waals surface area contributed by atoms with Crippen molar-refractivity contribution in [1.82, 2.24) is 0 Å². The van der Waals surface area contributed by atoms with Crippen molar-refractivity contribution in [2.24, 2.45) is 5.10 Å². The average molecular weight is 289 g/mol. The molecule has 0 heterocycles. The highest BCUT2D eigenvalue weighted by Crippen LogP contribution is 2.21. The highest BCUT2D eigenvalue weighted by atomic mass is 35.5. The Morgan fingerprint density at radius 1 is 1.20 bits per heavy atom. The zero-order valence-electron chi connectivity index (χ0n) is 11.8. The van der Waals surface area contributed by atoms with Crippen LogP contribution in [-0.4, -0.2) is 12.8 Å². The van der Waals surface area contributed by atoms with Crippen molar-refractivity contribution in [1.29, 1.82) is 0 Å². The molecule has 0 bridgehead atoms. The molecule has 0 aliphatic carbocycles. The normalized spacial score (nSPS) is 11.3. The monoisotopic (exact) mass is 288 g/mol. The smallest absolute Gasteiger partial charge is 0.127 e. The lowest BCUT2D eigenvalue weighted by Gasteiger charge is -2.08. The van der Waals surface area contributed by atoms with Gasteiger partial charge in [0.05, 0.1) is 18.5 Å². The van der Waals surface area contributed by atoms with E-state index in [4.69, 9.17) is 16.3 Å². The van der Waals surface area contributed by atoms with E-state index in [-0.39, 0.29) is 0 Å². The molecule has 0 atom stereocenters. The van der Waals surface area contributed by atoms with E-state index in [1.807, 2.05) is 56.3 Å². The standard InChI is InChI=1S/C16H17ClN2O/c1-11-8-9-13(10-15(11)17)19-18-12(2)14-6-4-5-7-16(14)20-3/h4-10,19H,1-3H3/b18-12-. The van der Waals surface area contributed by atoms with Gasteiger partial charge in [-0.3, -0.25) is 5.43 Å². The number of aryl methyl sites for hydroxylation is 1. The molecule has 0 saturated carbocycles. The summed E-state index contributed by atoms with van der Waals surface area (Å²) < 4.78 is 5.32. The van der Waals surface area contributed by atoms with Crippen molar-refractivity contribution in [3.8, 4) is 5.75 Å². The van der Waals surface area contributed by atoms with Gasteiger partial charge in [-0.25, -0.2) is 0 Å². The zero-order valence-corrected chi connectivity index (χ0v) is 12.5. The van der Waals surface area contributed by atoms with Crippen LogP contribution in [0.15, 0.2) is 47.6 Å². The Morgan fingerprint density at radius 2 is 1.95 bits per heavy atom. The van der Waals surface area contributed by atoms with Crippen LogP contribution in [0.5, 0.6) is 5.75 Å². The van der Waals surface area contributed by atoms with Gasteiger partial charge in [0.1, 0.15) is 5.75 Å². The molecule has 1 N–H and O–H groups in total. The number of hydrogen-bond donors (Lipinski definition) is 1. The number of anilines is 1. The maximum absolute atomic E-state index is 6.09. The van der Waals surface area contributed by atoms with Gasteiger partial charge in [-0.1, -0.05) is 29.8 Å². The van der Waals surface area contributed by atoms with Crippen LogP contribution in [0.4, 0.5) is 5.69 Å². The summed E-state index contributed by atoms with van der Waals surface area (Å²) in [6.45, 7) is 3.90. The quantitative estimate of drug-likeness (QED) is 0.664. The lowest BCUT2D eigenvalue weighted by atomic mass is 10.1. The molecule has 0 fully saturated rings. The summed E-state index contributed by atoms with van der Waals surface area (Å²) in [6, 6.07) is 13.5. The van der Waals surface area contributed by atoms with Gasteiger partial charge < -0.3 is 4.74 Å². The molecule has 0 amide bonds. The lowest BCUT2D eigenvalue weighted by Crippen LogP contribution is -2.02. The molecule has 0 aromatic heterocycles. The van der Waals surface area contributed by atoms with E-state index < -0.39 is 0 Å². The molecule has 2 aromatic carbocycles. The van der Waals surface area contributed by atoms with Gasteiger partial charge in [-0.05, 0) is 43.7 Å². The predicted octanol–water partition coefficient (Wildman–Crippen LogP) is 4.49. The van der Waals surface area contributed by atoms with Gasteiger partial charge in [0.25, 0.3) is 0 Å². The van der Waals surface area contributed by atoms with Crippen molar-refractivity contribution in [2.75, 3.05) is 12.5 Å². The first-order valence-electron chi connectivity index (χ1n) is 6.31. The second kappa shape index (κ2) is 6.44. The molecule has 2 rings (SSSR count). The van der Waals surface area contributed by atoms with Crippen LogP contribution in [0.2, 0.25) is 5.02 Å². The van der Waals surface area contributed by atoms with Crippen LogP contribution in [0.1, 0.15) is 18.1 Å². The van der Waals surface area contributed by atoms with E-state index in [0.717, 1.165) is 33.3 Å². The minimum atomic E-state index is 0.722. The van der Waals surface area contributed by atoms with Crippen molar-refractivity contribution < 1.29 is 4.74 Å². The van der Waals surface area contributed by atoms with E-state index in [0.29, 0.717) is 0 Å². The fraction of sp³-hybridized carbons (Fsp3) is 0.188. The van der Waals surface area contributed by atoms with Gasteiger partial charge in [0, 0.05) is 10.6 Å².